The van der Waals surface area contributed by atoms with E-state index in [2.05, 4.69) is 14.5 Å². The average molecular weight is 256 g/mol. The molecular formula is C11H10ClNO4. The molecule has 0 aliphatic heterocycles. The van der Waals surface area contributed by atoms with E-state index in [0.29, 0.717) is 5.02 Å². The standard InChI is InChI=1S/C11H10ClNO4/c1-16-10(14)6-13-9-5-7(12)3-4-8(9)11(15)17-2/h3-6H,1-2H3/b13-6-. The molecule has 0 heterocycles. The van der Waals surface area contributed by atoms with Gasteiger partial charge in [-0.05, 0) is 18.2 Å². The number of halogens is 1. The van der Waals surface area contributed by atoms with E-state index in [1.807, 2.05) is 0 Å². The zero-order valence-corrected chi connectivity index (χ0v) is 10.0. The van der Waals surface area contributed by atoms with Gasteiger partial charge < -0.3 is 9.47 Å². The maximum Gasteiger partial charge on any atom is 0.349 e. The number of esters is 2. The van der Waals surface area contributed by atoms with Gasteiger partial charge in [0.05, 0.1) is 25.5 Å². The van der Waals surface area contributed by atoms with Gasteiger partial charge in [0, 0.05) is 5.02 Å². The largest absolute Gasteiger partial charge is 0.465 e. The minimum Gasteiger partial charge on any atom is -0.465 e. The average Bonchev–Trinajstić information content (AvgIpc) is 2.35. The number of nitrogens with zero attached hydrogens (tertiary/aromatic N) is 1. The Labute approximate surface area is 103 Å². The minimum absolute atomic E-state index is 0.219. The highest BCUT2D eigenvalue weighted by atomic mass is 35.5. The molecule has 0 amide bonds. The molecule has 0 aliphatic carbocycles. The number of carbonyl (C=O) groups excluding carboxylic acids is 2. The van der Waals surface area contributed by atoms with Crippen molar-refractivity contribution in [2.75, 3.05) is 14.2 Å². The first kappa shape index (κ1) is 13.2. The Morgan fingerprint density at radius 3 is 2.59 bits per heavy atom. The lowest BCUT2D eigenvalue weighted by molar-refractivity contribution is -0.132. The molecule has 1 rings (SSSR count). The number of hydrogen-bond acceptors (Lipinski definition) is 5. The summed E-state index contributed by atoms with van der Waals surface area (Å²) in [5.74, 6) is -1.18. The molecule has 5 nitrogen and oxygen atoms in total. The van der Waals surface area contributed by atoms with Crippen molar-refractivity contribution >= 4 is 35.4 Å². The van der Waals surface area contributed by atoms with Crippen LogP contribution in [-0.4, -0.2) is 32.4 Å². The molecule has 0 aliphatic rings. The van der Waals surface area contributed by atoms with Gasteiger partial charge in [0.15, 0.2) is 0 Å². The highest BCUT2D eigenvalue weighted by molar-refractivity contribution is 6.31. The van der Waals surface area contributed by atoms with Crippen LogP contribution in [0.3, 0.4) is 0 Å². The summed E-state index contributed by atoms with van der Waals surface area (Å²) in [6, 6.07) is 4.45. The van der Waals surface area contributed by atoms with Crippen LogP contribution in [0.2, 0.25) is 5.02 Å². The maximum absolute atomic E-state index is 11.4. The minimum atomic E-state index is -0.624. The number of aliphatic imine (C=N–C) groups is 1. The van der Waals surface area contributed by atoms with Crippen LogP contribution < -0.4 is 0 Å². The van der Waals surface area contributed by atoms with E-state index in [4.69, 9.17) is 11.6 Å². The number of hydrogen-bond donors (Lipinski definition) is 0. The van der Waals surface area contributed by atoms with Crippen LogP contribution in [0.1, 0.15) is 10.4 Å². The lowest BCUT2D eigenvalue weighted by Crippen LogP contribution is -2.03. The first-order valence-corrected chi connectivity index (χ1v) is 4.96. The Bertz CT molecular complexity index is 471. The molecule has 0 saturated carbocycles. The fourth-order valence-corrected chi connectivity index (χ4v) is 1.24. The predicted molar refractivity (Wildman–Crippen MR) is 63.0 cm³/mol. The van der Waals surface area contributed by atoms with E-state index in [1.54, 1.807) is 0 Å². The third kappa shape index (κ3) is 3.57. The fourth-order valence-electron chi connectivity index (χ4n) is 1.07. The Kier molecular flexibility index (Phi) is 4.66. The van der Waals surface area contributed by atoms with E-state index in [9.17, 15) is 9.59 Å². The van der Waals surface area contributed by atoms with Crippen LogP contribution in [0.25, 0.3) is 0 Å². The molecule has 0 atom stereocenters. The van der Waals surface area contributed by atoms with Crippen molar-refractivity contribution in [1.29, 1.82) is 0 Å². The van der Waals surface area contributed by atoms with Crippen LogP contribution >= 0.6 is 11.6 Å². The molecule has 0 fully saturated rings. The Hall–Kier alpha value is -1.88. The summed E-state index contributed by atoms with van der Waals surface area (Å²) in [5.41, 5.74) is 0.465. The van der Waals surface area contributed by atoms with Gasteiger partial charge in [-0.3, -0.25) is 0 Å². The second-order valence-electron chi connectivity index (χ2n) is 2.93. The van der Waals surface area contributed by atoms with Crippen LogP contribution in [-0.2, 0) is 14.3 Å². The molecule has 0 saturated heterocycles. The van der Waals surface area contributed by atoms with Gasteiger partial charge >= 0.3 is 11.9 Å². The van der Waals surface area contributed by atoms with Crippen molar-refractivity contribution < 1.29 is 19.1 Å². The van der Waals surface area contributed by atoms with Gasteiger partial charge in [0.25, 0.3) is 0 Å². The second kappa shape index (κ2) is 6.00. The Balaban J connectivity index is 3.11. The molecule has 1 aromatic carbocycles. The lowest BCUT2D eigenvalue weighted by Gasteiger charge is -2.03. The molecule has 1 aromatic rings. The smallest absolute Gasteiger partial charge is 0.349 e. The van der Waals surface area contributed by atoms with Crippen molar-refractivity contribution in [2.45, 2.75) is 0 Å². The van der Waals surface area contributed by atoms with E-state index >= 15 is 0 Å². The molecule has 0 unspecified atom stereocenters. The quantitative estimate of drug-likeness (QED) is 0.612. The summed E-state index contributed by atoms with van der Waals surface area (Å²) in [6.07, 6.45) is 0.956. The van der Waals surface area contributed by atoms with Gasteiger partial charge in [0.2, 0.25) is 0 Å². The number of rotatable bonds is 3. The van der Waals surface area contributed by atoms with Crippen LogP contribution in [0, 0.1) is 0 Å². The van der Waals surface area contributed by atoms with Crippen molar-refractivity contribution in [3.8, 4) is 0 Å². The maximum atomic E-state index is 11.4. The summed E-state index contributed by atoms with van der Waals surface area (Å²) in [7, 11) is 2.48. The fraction of sp³-hybridized carbons (Fsp3) is 0.182. The van der Waals surface area contributed by atoms with Gasteiger partial charge in [-0.25, -0.2) is 14.6 Å². The van der Waals surface area contributed by atoms with Gasteiger partial charge in [-0.1, -0.05) is 11.6 Å². The van der Waals surface area contributed by atoms with Crippen LogP contribution in [0.15, 0.2) is 23.2 Å². The molecular weight excluding hydrogens is 246 g/mol. The number of ether oxygens (including phenoxy) is 2. The zero-order chi connectivity index (χ0) is 12.8. The summed E-state index contributed by atoms with van der Waals surface area (Å²) in [5, 5.41) is 0.398. The molecule has 0 aromatic heterocycles. The van der Waals surface area contributed by atoms with E-state index < -0.39 is 11.9 Å². The number of methoxy groups -OCH3 is 2. The molecule has 90 valence electrons. The molecule has 0 radical (unpaired) electrons. The van der Waals surface area contributed by atoms with E-state index in [0.717, 1.165) is 6.21 Å². The molecule has 0 bridgehead atoms. The Morgan fingerprint density at radius 2 is 2.00 bits per heavy atom. The molecule has 17 heavy (non-hydrogen) atoms. The highest BCUT2D eigenvalue weighted by Gasteiger charge is 2.11. The summed E-state index contributed by atoms with van der Waals surface area (Å²) in [6.45, 7) is 0. The topological polar surface area (TPSA) is 65.0 Å². The van der Waals surface area contributed by atoms with Crippen molar-refractivity contribution in [2.24, 2.45) is 4.99 Å². The summed E-state index contributed by atoms with van der Waals surface area (Å²) < 4.78 is 8.97. The monoisotopic (exact) mass is 255 g/mol. The second-order valence-corrected chi connectivity index (χ2v) is 3.37. The van der Waals surface area contributed by atoms with Crippen LogP contribution in [0.5, 0.6) is 0 Å². The summed E-state index contributed by atoms with van der Waals surface area (Å²) in [4.78, 5) is 26.1. The van der Waals surface area contributed by atoms with E-state index in [1.165, 1.54) is 32.4 Å². The predicted octanol–water partition coefficient (Wildman–Crippen LogP) is 2.00. The Morgan fingerprint density at radius 1 is 1.29 bits per heavy atom. The third-order valence-electron chi connectivity index (χ3n) is 1.88. The van der Waals surface area contributed by atoms with E-state index in [-0.39, 0.29) is 11.3 Å². The third-order valence-corrected chi connectivity index (χ3v) is 2.11. The molecule has 6 heteroatoms. The summed E-state index contributed by atoms with van der Waals surface area (Å²) >= 11 is 5.77. The van der Waals surface area contributed by atoms with Gasteiger partial charge in [0.1, 0.15) is 6.21 Å². The number of carbonyl (C=O) groups is 2. The zero-order valence-electron chi connectivity index (χ0n) is 9.27. The number of benzene rings is 1. The van der Waals surface area contributed by atoms with Gasteiger partial charge in [-0.2, -0.15) is 0 Å². The highest BCUT2D eigenvalue weighted by Crippen LogP contribution is 2.24. The SMILES string of the molecule is COC(=O)/C=N\c1cc(Cl)ccc1C(=O)OC. The first-order valence-electron chi connectivity index (χ1n) is 4.58. The molecule has 0 spiro atoms. The van der Waals surface area contributed by atoms with Crippen molar-refractivity contribution in [1.82, 2.24) is 0 Å². The first-order chi connectivity index (χ1) is 8.08. The van der Waals surface area contributed by atoms with Crippen molar-refractivity contribution in [3.05, 3.63) is 28.8 Å². The molecule has 0 N–H and O–H groups in total. The lowest BCUT2D eigenvalue weighted by atomic mass is 10.2. The van der Waals surface area contributed by atoms with Crippen LogP contribution in [0.4, 0.5) is 5.69 Å². The van der Waals surface area contributed by atoms with Gasteiger partial charge in [-0.15, -0.1) is 0 Å². The normalized spacial score (nSPS) is 10.3. The van der Waals surface area contributed by atoms with Crippen molar-refractivity contribution in [3.63, 3.8) is 0 Å².